The minimum absolute atomic E-state index is 0. The van der Waals surface area contributed by atoms with E-state index in [0.29, 0.717) is 42.6 Å². The predicted molar refractivity (Wildman–Crippen MR) is 121 cm³/mol. The van der Waals surface area contributed by atoms with Crippen LogP contribution in [0.5, 0.6) is 0 Å². The molecule has 0 saturated heterocycles. The van der Waals surface area contributed by atoms with Gasteiger partial charge in [0.15, 0.2) is 0 Å². The van der Waals surface area contributed by atoms with Crippen molar-refractivity contribution in [1.29, 1.82) is 10.5 Å². The van der Waals surface area contributed by atoms with Crippen molar-refractivity contribution >= 4 is 0 Å². The summed E-state index contributed by atoms with van der Waals surface area (Å²) >= 11 is 0. The van der Waals surface area contributed by atoms with E-state index in [1.54, 1.807) is 30.3 Å². The topological polar surface area (TPSA) is 73.4 Å². The van der Waals surface area contributed by atoms with Crippen LogP contribution in [0.3, 0.4) is 0 Å². The van der Waals surface area contributed by atoms with E-state index in [1.807, 2.05) is 24.3 Å². The van der Waals surface area contributed by atoms with Crippen molar-refractivity contribution in [1.82, 2.24) is 9.97 Å². The number of nitrogens with zero attached hydrogens (tertiary/aromatic N) is 4. The largest absolute Gasteiger partial charge is 2.00 e. The van der Waals surface area contributed by atoms with Crippen LogP contribution in [0.15, 0.2) is 48.5 Å². The molecule has 0 aliphatic carbocycles. The molecule has 4 nitrogen and oxygen atoms in total. The molecule has 3 heterocycles. The molecule has 0 unspecified atom stereocenters. The third-order valence-electron chi connectivity index (χ3n) is 5.78. The minimum atomic E-state index is -0.995. The maximum Gasteiger partial charge on any atom is 2.00 e. The van der Waals surface area contributed by atoms with Gasteiger partial charge in [-0.1, -0.05) is 41.0 Å². The number of aromatic nitrogens is 2. The molecule has 0 fully saturated rings. The number of hydrogen-bond acceptors (Lipinski definition) is 4. The van der Waals surface area contributed by atoms with E-state index < -0.39 is 17.2 Å². The summed E-state index contributed by atoms with van der Waals surface area (Å²) < 4.78 is 30.3. The number of halogens is 2. The fourth-order valence-electron chi connectivity index (χ4n) is 4.10. The Balaban J connectivity index is 0.00000289. The van der Waals surface area contributed by atoms with Crippen LogP contribution >= 0.6 is 0 Å². The van der Waals surface area contributed by atoms with E-state index in [4.69, 9.17) is 0 Å². The number of aryl methyl sites for hydroxylation is 4. The van der Waals surface area contributed by atoms with Gasteiger partial charge in [-0.05, 0) is 37.8 Å². The Hall–Kier alpha value is -3.73. The zero-order valence-electron chi connectivity index (χ0n) is 18.3. The van der Waals surface area contributed by atoms with Crippen LogP contribution in [0.4, 0.5) is 8.78 Å². The van der Waals surface area contributed by atoms with E-state index in [1.165, 1.54) is 0 Å². The molecule has 172 valence electrons. The van der Waals surface area contributed by atoms with E-state index in [9.17, 15) is 10.5 Å². The van der Waals surface area contributed by atoms with Crippen molar-refractivity contribution < 1.29 is 29.8 Å². The third kappa shape index (κ3) is 4.90. The van der Waals surface area contributed by atoms with Gasteiger partial charge in [-0.3, -0.25) is 18.7 Å². The van der Waals surface area contributed by atoms with Crippen LogP contribution < -0.4 is 0 Å². The fraction of sp³-hybridized carbons (Fsp3) is 0.143. The number of pyridine rings is 2. The first-order valence-corrected chi connectivity index (χ1v) is 10.8. The summed E-state index contributed by atoms with van der Waals surface area (Å²) in [7, 11) is 0. The number of fused-ring (bicyclic) bond motifs is 10. The second kappa shape index (κ2) is 10.3. The van der Waals surface area contributed by atoms with E-state index >= 15 is 8.78 Å². The van der Waals surface area contributed by atoms with Crippen LogP contribution in [0.1, 0.15) is 33.6 Å². The summed E-state index contributed by atoms with van der Waals surface area (Å²) in [5.74, 6) is -1.99. The third-order valence-corrected chi connectivity index (χ3v) is 5.78. The van der Waals surface area contributed by atoms with Crippen molar-refractivity contribution in [3.05, 3.63) is 106 Å². The molecule has 0 amide bonds. The molecule has 0 atom stereocenters. The van der Waals surface area contributed by atoms with Gasteiger partial charge >= 0.3 is 21.1 Å². The molecule has 0 radical (unpaired) electrons. The molecule has 0 saturated carbocycles. The Bertz CT molecular complexity index is 1420. The summed E-state index contributed by atoms with van der Waals surface area (Å²) in [6.45, 7) is 0. The first-order chi connectivity index (χ1) is 16.6. The standard InChI is InChI=1S/C28H16F2N4.Pt/c29-27-22-14-23(28(30)24(27)16-32)26-6-2-4-21(34-26)10-8-18-11-17(12-19(13-18)15-31)7-9-20-3-1-5-25(22)33-20;/h1-6,12-13H,7-10H2;/q-2;+2. The number of rotatable bonds is 0. The van der Waals surface area contributed by atoms with Crippen LogP contribution in [-0.2, 0) is 46.7 Å². The normalized spacial score (nSPS) is 12.1. The fourth-order valence-corrected chi connectivity index (χ4v) is 4.10. The first kappa shape index (κ1) is 24.4. The Morgan fingerprint density at radius 2 is 1.23 bits per heavy atom. The van der Waals surface area contributed by atoms with Gasteiger partial charge in [0.05, 0.1) is 29.3 Å². The van der Waals surface area contributed by atoms with Crippen molar-refractivity contribution in [2.75, 3.05) is 0 Å². The van der Waals surface area contributed by atoms with Gasteiger partial charge in [-0.15, -0.1) is 18.2 Å². The van der Waals surface area contributed by atoms with Crippen molar-refractivity contribution in [3.63, 3.8) is 0 Å². The molecule has 2 aromatic carbocycles. The summed E-state index contributed by atoms with van der Waals surface area (Å²) in [6, 6.07) is 24.0. The van der Waals surface area contributed by atoms with E-state index in [-0.39, 0.29) is 43.6 Å². The quantitative estimate of drug-likeness (QED) is 0.244. The number of benzene rings is 2. The second-order valence-corrected chi connectivity index (χ2v) is 8.05. The van der Waals surface area contributed by atoms with Crippen LogP contribution in [0.25, 0.3) is 22.5 Å². The zero-order valence-corrected chi connectivity index (χ0v) is 20.6. The van der Waals surface area contributed by atoms with Gasteiger partial charge in [0, 0.05) is 22.8 Å². The maximum absolute atomic E-state index is 15.1. The Kier molecular flexibility index (Phi) is 7.15. The second-order valence-electron chi connectivity index (χ2n) is 8.05. The molecular formula is C28H16F2N4Pt. The van der Waals surface area contributed by atoms with Crippen molar-refractivity contribution in [2.45, 2.75) is 25.7 Å². The smallest absolute Gasteiger partial charge is 0.292 e. The van der Waals surface area contributed by atoms with Crippen LogP contribution in [-0.4, -0.2) is 9.97 Å². The Morgan fingerprint density at radius 1 is 0.714 bits per heavy atom. The van der Waals surface area contributed by atoms with Gasteiger partial charge in [-0.2, -0.15) is 27.7 Å². The van der Waals surface area contributed by atoms with E-state index in [2.05, 4.69) is 28.2 Å². The van der Waals surface area contributed by atoms with Gasteiger partial charge < -0.3 is 0 Å². The summed E-state index contributed by atoms with van der Waals surface area (Å²) in [6.07, 6.45) is 2.27. The molecule has 8 bridgehead atoms. The number of hydrogen-bond donors (Lipinski definition) is 0. The average Bonchev–Trinajstić information content (AvgIpc) is 2.86. The van der Waals surface area contributed by atoms with E-state index in [0.717, 1.165) is 11.1 Å². The monoisotopic (exact) mass is 641 g/mol. The van der Waals surface area contributed by atoms with Crippen molar-refractivity contribution in [3.8, 4) is 34.7 Å². The first-order valence-electron chi connectivity index (χ1n) is 10.8. The SMILES string of the molecule is N#Cc1cc2[c-]c(c1)CCc1cccc(n1)-c1[c-]c(c(F)c(C#N)c1F)-c1cccc(n1)CC2.[Pt+2]. The van der Waals surface area contributed by atoms with Gasteiger partial charge in [0.1, 0.15) is 0 Å². The summed E-state index contributed by atoms with van der Waals surface area (Å²) in [5.41, 5.74) is 3.41. The van der Waals surface area contributed by atoms with Gasteiger partial charge in [-0.25, -0.2) is 0 Å². The van der Waals surface area contributed by atoms with Gasteiger partial charge in [0.25, 0.3) is 0 Å². The molecule has 0 spiro atoms. The molecule has 1 aliphatic rings. The molecule has 5 rings (SSSR count). The molecule has 0 N–H and O–H groups in total. The summed E-state index contributed by atoms with van der Waals surface area (Å²) in [5, 5.41) is 18.9. The molecule has 2 aromatic heterocycles. The van der Waals surface area contributed by atoms with Gasteiger partial charge in [0.2, 0.25) is 0 Å². The minimum Gasteiger partial charge on any atom is -0.292 e. The molecule has 7 heteroatoms. The predicted octanol–water partition coefficient (Wildman–Crippen LogP) is 5.31. The Labute approximate surface area is 216 Å². The molecule has 1 aliphatic heterocycles. The molecule has 4 aromatic rings. The van der Waals surface area contributed by atoms with Crippen molar-refractivity contribution in [2.24, 2.45) is 0 Å². The molecular weight excluding hydrogens is 625 g/mol. The Morgan fingerprint density at radius 3 is 1.69 bits per heavy atom. The molecule has 35 heavy (non-hydrogen) atoms. The summed E-state index contributed by atoms with van der Waals surface area (Å²) in [4.78, 5) is 9.11. The zero-order chi connectivity index (χ0) is 23.7. The van der Waals surface area contributed by atoms with Crippen LogP contribution in [0, 0.1) is 46.4 Å². The maximum atomic E-state index is 15.1. The number of nitriles is 2. The van der Waals surface area contributed by atoms with Crippen LogP contribution in [0.2, 0.25) is 0 Å². The average molecular weight is 642 g/mol.